The standard InChI is InChI=1S/C18H24O4/c19-12-5-4-11-18(16(20)9-6-10-17(18)21)14-22-13-15-7-2-1-3-8-15/h1-3,7-8,19H,4-6,9-14H2. The smallest absolute Gasteiger partial charge is 0.148 e. The lowest BCUT2D eigenvalue weighted by Gasteiger charge is -2.34. The molecular formula is C18H24O4. The number of hydrogen-bond donors (Lipinski definition) is 1. The van der Waals surface area contributed by atoms with Gasteiger partial charge in [0.2, 0.25) is 0 Å². The minimum Gasteiger partial charge on any atom is -0.396 e. The Hall–Kier alpha value is -1.52. The van der Waals surface area contributed by atoms with Crippen molar-refractivity contribution in [1.82, 2.24) is 0 Å². The van der Waals surface area contributed by atoms with Gasteiger partial charge in [0.05, 0.1) is 13.2 Å². The zero-order valence-corrected chi connectivity index (χ0v) is 12.9. The highest BCUT2D eigenvalue weighted by Gasteiger charge is 2.46. The van der Waals surface area contributed by atoms with Crippen molar-refractivity contribution in [3.63, 3.8) is 0 Å². The predicted octanol–water partition coefficient (Wildman–Crippen LogP) is 2.67. The Balaban J connectivity index is 2.00. The first-order valence-electron chi connectivity index (χ1n) is 7.98. The van der Waals surface area contributed by atoms with E-state index in [1.165, 1.54) is 0 Å². The van der Waals surface area contributed by atoms with Crippen molar-refractivity contribution in [3.8, 4) is 0 Å². The lowest BCUT2D eigenvalue weighted by Crippen LogP contribution is -2.46. The van der Waals surface area contributed by atoms with Crippen molar-refractivity contribution < 1.29 is 19.4 Å². The van der Waals surface area contributed by atoms with Gasteiger partial charge >= 0.3 is 0 Å². The molecule has 0 bridgehead atoms. The average Bonchev–Trinajstić information content (AvgIpc) is 2.53. The van der Waals surface area contributed by atoms with Crippen LogP contribution < -0.4 is 0 Å². The zero-order valence-electron chi connectivity index (χ0n) is 12.9. The SMILES string of the molecule is O=C1CCCC(=O)C1(CCCCO)COCc1ccccc1. The number of Topliss-reactive ketones (excluding diaryl/α,β-unsaturated/α-hetero) is 2. The third-order valence-electron chi connectivity index (χ3n) is 4.35. The first-order chi connectivity index (χ1) is 10.7. The predicted molar refractivity (Wildman–Crippen MR) is 83.3 cm³/mol. The Labute approximate surface area is 131 Å². The van der Waals surface area contributed by atoms with Crippen LogP contribution >= 0.6 is 0 Å². The van der Waals surface area contributed by atoms with Crippen LogP contribution in [0.2, 0.25) is 0 Å². The maximum atomic E-state index is 12.4. The van der Waals surface area contributed by atoms with E-state index in [1.54, 1.807) is 0 Å². The zero-order chi connectivity index (χ0) is 15.8. The Kier molecular flexibility index (Phi) is 6.28. The molecule has 0 atom stereocenters. The van der Waals surface area contributed by atoms with Gasteiger partial charge in [-0.05, 0) is 31.2 Å². The van der Waals surface area contributed by atoms with E-state index in [4.69, 9.17) is 9.84 Å². The van der Waals surface area contributed by atoms with Gasteiger partial charge in [0, 0.05) is 19.4 Å². The molecule has 4 heteroatoms. The van der Waals surface area contributed by atoms with Crippen molar-refractivity contribution in [2.24, 2.45) is 5.41 Å². The molecule has 1 N–H and O–H groups in total. The van der Waals surface area contributed by atoms with Crippen molar-refractivity contribution in [1.29, 1.82) is 0 Å². The van der Waals surface area contributed by atoms with E-state index in [9.17, 15) is 9.59 Å². The maximum Gasteiger partial charge on any atom is 0.148 e. The summed E-state index contributed by atoms with van der Waals surface area (Å²) in [6.07, 6.45) is 3.33. The van der Waals surface area contributed by atoms with Gasteiger partial charge in [-0.25, -0.2) is 0 Å². The van der Waals surface area contributed by atoms with Gasteiger partial charge in [-0.3, -0.25) is 9.59 Å². The summed E-state index contributed by atoms with van der Waals surface area (Å²) in [5, 5.41) is 8.94. The summed E-state index contributed by atoms with van der Waals surface area (Å²) in [7, 11) is 0. The number of unbranched alkanes of at least 4 members (excludes halogenated alkanes) is 1. The summed E-state index contributed by atoms with van der Waals surface area (Å²) in [5.41, 5.74) is 0.0473. The molecule has 0 radical (unpaired) electrons. The van der Waals surface area contributed by atoms with Crippen LogP contribution in [0.5, 0.6) is 0 Å². The molecule has 1 aliphatic carbocycles. The molecule has 0 heterocycles. The molecule has 2 rings (SSSR count). The van der Waals surface area contributed by atoms with Crippen molar-refractivity contribution in [2.75, 3.05) is 13.2 Å². The summed E-state index contributed by atoms with van der Waals surface area (Å²) in [5.74, 6) is 0.0181. The fraction of sp³-hybridized carbons (Fsp3) is 0.556. The molecule has 0 saturated heterocycles. The van der Waals surface area contributed by atoms with Crippen LogP contribution in [0.4, 0.5) is 0 Å². The number of ketones is 2. The molecule has 0 spiro atoms. The lowest BCUT2D eigenvalue weighted by molar-refractivity contribution is -0.149. The molecule has 1 aliphatic rings. The van der Waals surface area contributed by atoms with E-state index in [0.717, 1.165) is 5.56 Å². The molecule has 1 aromatic carbocycles. The molecule has 0 unspecified atom stereocenters. The molecule has 4 nitrogen and oxygen atoms in total. The molecule has 120 valence electrons. The van der Waals surface area contributed by atoms with Gasteiger partial charge in [-0.2, -0.15) is 0 Å². The molecule has 0 amide bonds. The molecule has 1 fully saturated rings. The van der Waals surface area contributed by atoms with Crippen LogP contribution in [0.1, 0.15) is 44.1 Å². The van der Waals surface area contributed by atoms with Crippen LogP contribution in [0, 0.1) is 5.41 Å². The Morgan fingerprint density at radius 1 is 1.05 bits per heavy atom. The van der Waals surface area contributed by atoms with Crippen molar-refractivity contribution in [2.45, 2.75) is 45.1 Å². The second-order valence-corrected chi connectivity index (χ2v) is 5.94. The minimum absolute atomic E-state index is 0.00903. The largest absolute Gasteiger partial charge is 0.396 e. The van der Waals surface area contributed by atoms with Gasteiger partial charge in [-0.15, -0.1) is 0 Å². The molecule has 0 aromatic heterocycles. The summed E-state index contributed by atoms with van der Waals surface area (Å²) in [6, 6.07) is 9.74. The van der Waals surface area contributed by atoms with Gasteiger partial charge in [0.1, 0.15) is 17.0 Å². The molecular weight excluding hydrogens is 280 g/mol. The number of hydrogen-bond acceptors (Lipinski definition) is 4. The molecule has 22 heavy (non-hydrogen) atoms. The Morgan fingerprint density at radius 2 is 1.73 bits per heavy atom. The number of ether oxygens (including phenoxy) is 1. The topological polar surface area (TPSA) is 63.6 Å². The van der Waals surface area contributed by atoms with E-state index in [2.05, 4.69) is 0 Å². The van der Waals surface area contributed by atoms with Crippen LogP contribution in [0.25, 0.3) is 0 Å². The summed E-state index contributed by atoms with van der Waals surface area (Å²) >= 11 is 0. The minimum atomic E-state index is -0.984. The molecule has 1 aromatic rings. The average molecular weight is 304 g/mol. The molecule has 1 saturated carbocycles. The highest BCUT2D eigenvalue weighted by molar-refractivity contribution is 6.09. The number of aliphatic hydroxyl groups excluding tert-OH is 1. The van der Waals surface area contributed by atoms with Gasteiger partial charge < -0.3 is 9.84 Å². The van der Waals surface area contributed by atoms with Crippen molar-refractivity contribution >= 4 is 11.6 Å². The fourth-order valence-electron chi connectivity index (χ4n) is 3.01. The normalized spacial score (nSPS) is 17.7. The van der Waals surface area contributed by atoms with E-state index in [-0.39, 0.29) is 24.8 Å². The third-order valence-corrected chi connectivity index (χ3v) is 4.35. The second-order valence-electron chi connectivity index (χ2n) is 5.94. The number of carbonyl (C=O) groups is 2. The van der Waals surface area contributed by atoms with Gasteiger partial charge in [0.15, 0.2) is 0 Å². The third kappa shape index (κ3) is 4.02. The summed E-state index contributed by atoms with van der Waals surface area (Å²) in [6.45, 7) is 0.650. The molecule has 0 aliphatic heterocycles. The monoisotopic (exact) mass is 304 g/mol. The Bertz CT molecular complexity index is 479. The summed E-state index contributed by atoms with van der Waals surface area (Å²) < 4.78 is 5.73. The van der Waals surface area contributed by atoms with Crippen LogP contribution in [-0.2, 0) is 20.9 Å². The van der Waals surface area contributed by atoms with Crippen LogP contribution in [0.15, 0.2) is 30.3 Å². The highest BCUT2D eigenvalue weighted by Crippen LogP contribution is 2.35. The van der Waals surface area contributed by atoms with Gasteiger partial charge in [0.25, 0.3) is 0 Å². The number of carbonyl (C=O) groups excluding carboxylic acids is 2. The van der Waals surface area contributed by atoms with E-state index >= 15 is 0 Å². The first-order valence-corrected chi connectivity index (χ1v) is 7.98. The number of benzene rings is 1. The Morgan fingerprint density at radius 3 is 2.36 bits per heavy atom. The quantitative estimate of drug-likeness (QED) is 0.592. The number of rotatable bonds is 8. The highest BCUT2D eigenvalue weighted by atomic mass is 16.5. The number of aliphatic hydroxyl groups is 1. The van der Waals surface area contributed by atoms with E-state index in [0.29, 0.717) is 45.1 Å². The van der Waals surface area contributed by atoms with Crippen LogP contribution in [-0.4, -0.2) is 29.9 Å². The van der Waals surface area contributed by atoms with Crippen molar-refractivity contribution in [3.05, 3.63) is 35.9 Å². The van der Waals surface area contributed by atoms with Gasteiger partial charge in [-0.1, -0.05) is 30.3 Å². The lowest BCUT2D eigenvalue weighted by atomic mass is 9.69. The van der Waals surface area contributed by atoms with E-state index in [1.807, 2.05) is 30.3 Å². The van der Waals surface area contributed by atoms with Crippen LogP contribution in [0.3, 0.4) is 0 Å². The first kappa shape index (κ1) is 16.8. The second kappa shape index (κ2) is 8.20. The van der Waals surface area contributed by atoms with E-state index < -0.39 is 5.41 Å². The maximum absolute atomic E-state index is 12.4. The fourth-order valence-corrected chi connectivity index (χ4v) is 3.01. The summed E-state index contributed by atoms with van der Waals surface area (Å²) in [4.78, 5) is 24.8.